The van der Waals surface area contributed by atoms with Crippen LogP contribution in [0.4, 0.5) is 5.82 Å². The molecule has 2 aromatic rings. The lowest BCUT2D eigenvalue weighted by atomic mass is 9.97. The molecule has 7 nitrogen and oxygen atoms in total. The first-order valence-corrected chi connectivity index (χ1v) is 12.3. The summed E-state index contributed by atoms with van der Waals surface area (Å²) >= 11 is 12.5. The number of anilines is 1. The average molecular weight is 492 g/mol. The fourth-order valence-electron chi connectivity index (χ4n) is 4.47. The van der Waals surface area contributed by atoms with Gasteiger partial charge in [0, 0.05) is 54.4 Å². The fourth-order valence-corrected chi connectivity index (χ4v) is 4.95. The van der Waals surface area contributed by atoms with Crippen LogP contribution in [-0.4, -0.2) is 59.5 Å². The Bertz CT molecular complexity index is 995. The quantitative estimate of drug-likeness (QED) is 0.633. The SMILES string of the molecule is CC(C)NCC(Cc1ccc(Cl)cc1Cl)C(=O)N1CCN(c2ncnc3c2[C@H](C)OC3)CC1. The molecule has 1 fully saturated rings. The van der Waals surface area contributed by atoms with Crippen LogP contribution in [0.15, 0.2) is 24.5 Å². The van der Waals surface area contributed by atoms with E-state index < -0.39 is 0 Å². The maximum absolute atomic E-state index is 13.5. The highest BCUT2D eigenvalue weighted by atomic mass is 35.5. The van der Waals surface area contributed by atoms with Crippen molar-refractivity contribution in [3.8, 4) is 0 Å². The zero-order chi connectivity index (χ0) is 23.5. The Kier molecular flexibility index (Phi) is 7.74. The number of hydrogen-bond acceptors (Lipinski definition) is 6. The van der Waals surface area contributed by atoms with Gasteiger partial charge in [0.2, 0.25) is 5.91 Å². The van der Waals surface area contributed by atoms with Crippen molar-refractivity contribution in [3.05, 3.63) is 51.4 Å². The first kappa shape index (κ1) is 24.2. The highest BCUT2D eigenvalue weighted by molar-refractivity contribution is 6.35. The van der Waals surface area contributed by atoms with Crippen LogP contribution >= 0.6 is 23.2 Å². The minimum Gasteiger partial charge on any atom is -0.367 e. The molecule has 1 unspecified atom stereocenters. The number of piperazine rings is 1. The molecule has 0 radical (unpaired) electrons. The summed E-state index contributed by atoms with van der Waals surface area (Å²) in [6.45, 7) is 10.1. The number of carbonyl (C=O) groups is 1. The monoisotopic (exact) mass is 491 g/mol. The Morgan fingerprint density at radius 3 is 2.67 bits per heavy atom. The Hall–Kier alpha value is -1.93. The molecule has 1 aromatic heterocycles. The van der Waals surface area contributed by atoms with Gasteiger partial charge in [0.05, 0.1) is 24.3 Å². The molecular formula is C24H31Cl2N5O2. The number of aromatic nitrogens is 2. The van der Waals surface area contributed by atoms with Gasteiger partial charge in [-0.05, 0) is 31.0 Å². The van der Waals surface area contributed by atoms with Gasteiger partial charge in [0.15, 0.2) is 0 Å². The number of carbonyl (C=O) groups excluding carboxylic acids is 1. The van der Waals surface area contributed by atoms with Gasteiger partial charge in [-0.2, -0.15) is 0 Å². The summed E-state index contributed by atoms with van der Waals surface area (Å²) in [6, 6.07) is 5.77. The molecule has 1 N–H and O–H groups in total. The molecule has 1 amide bonds. The van der Waals surface area contributed by atoms with E-state index in [1.807, 2.05) is 24.0 Å². The summed E-state index contributed by atoms with van der Waals surface area (Å²) in [7, 11) is 0. The Balaban J connectivity index is 1.44. The maximum Gasteiger partial charge on any atom is 0.227 e. The van der Waals surface area contributed by atoms with E-state index in [-0.39, 0.29) is 17.9 Å². The zero-order valence-electron chi connectivity index (χ0n) is 19.4. The van der Waals surface area contributed by atoms with E-state index in [2.05, 4.69) is 34.0 Å². The molecule has 0 saturated carbocycles. The second-order valence-electron chi connectivity index (χ2n) is 9.02. The second kappa shape index (κ2) is 10.6. The Morgan fingerprint density at radius 2 is 1.97 bits per heavy atom. The van der Waals surface area contributed by atoms with Gasteiger partial charge in [-0.15, -0.1) is 0 Å². The van der Waals surface area contributed by atoms with Crippen molar-refractivity contribution in [2.24, 2.45) is 5.92 Å². The Labute approximate surface area is 205 Å². The third-order valence-electron chi connectivity index (χ3n) is 6.32. The first-order valence-electron chi connectivity index (χ1n) is 11.5. The number of ether oxygens (including phenoxy) is 1. The summed E-state index contributed by atoms with van der Waals surface area (Å²) in [5.41, 5.74) is 2.98. The van der Waals surface area contributed by atoms with Crippen LogP contribution in [-0.2, 0) is 22.6 Å². The number of nitrogens with one attached hydrogen (secondary N) is 1. The summed E-state index contributed by atoms with van der Waals surface area (Å²) in [4.78, 5) is 26.7. The average Bonchev–Trinajstić information content (AvgIpc) is 3.18. The molecule has 1 saturated heterocycles. The van der Waals surface area contributed by atoms with E-state index in [9.17, 15) is 4.79 Å². The van der Waals surface area contributed by atoms with Crippen molar-refractivity contribution in [1.29, 1.82) is 0 Å². The van der Waals surface area contributed by atoms with Crippen LogP contribution in [0.3, 0.4) is 0 Å². The standard InChI is InChI=1S/C24H31Cl2N5O2/c1-15(2)27-12-18(10-17-4-5-19(25)11-20(17)26)24(32)31-8-6-30(7-9-31)23-22-16(3)33-13-21(22)28-14-29-23/h4-5,11,14-16,18,27H,6-10,12-13H2,1-3H3/t16-,18?/m0/s1. The van der Waals surface area contributed by atoms with Crippen LogP contribution in [0.25, 0.3) is 0 Å². The third kappa shape index (κ3) is 5.60. The molecule has 0 bridgehead atoms. The van der Waals surface area contributed by atoms with Gasteiger partial charge < -0.3 is 19.9 Å². The van der Waals surface area contributed by atoms with Crippen molar-refractivity contribution in [3.63, 3.8) is 0 Å². The molecule has 0 spiro atoms. The van der Waals surface area contributed by atoms with Gasteiger partial charge in [-0.25, -0.2) is 9.97 Å². The summed E-state index contributed by atoms with van der Waals surface area (Å²) < 4.78 is 5.75. The lowest BCUT2D eigenvalue weighted by Crippen LogP contribution is -2.52. The predicted molar refractivity (Wildman–Crippen MR) is 131 cm³/mol. The molecule has 33 heavy (non-hydrogen) atoms. The number of halogens is 2. The molecular weight excluding hydrogens is 461 g/mol. The zero-order valence-corrected chi connectivity index (χ0v) is 20.9. The van der Waals surface area contributed by atoms with Crippen molar-refractivity contribution in [1.82, 2.24) is 20.2 Å². The van der Waals surface area contributed by atoms with Gasteiger partial charge in [-0.1, -0.05) is 43.1 Å². The fraction of sp³-hybridized carbons (Fsp3) is 0.542. The van der Waals surface area contributed by atoms with E-state index in [1.165, 1.54) is 0 Å². The molecule has 1 aromatic carbocycles. The third-order valence-corrected chi connectivity index (χ3v) is 6.90. The van der Waals surface area contributed by atoms with Gasteiger partial charge in [0.1, 0.15) is 12.1 Å². The van der Waals surface area contributed by atoms with E-state index in [0.717, 1.165) is 35.7 Å². The van der Waals surface area contributed by atoms with Crippen LogP contribution in [0, 0.1) is 5.92 Å². The minimum atomic E-state index is -0.200. The van der Waals surface area contributed by atoms with E-state index in [1.54, 1.807) is 12.4 Å². The highest BCUT2D eigenvalue weighted by Gasteiger charge is 2.32. The van der Waals surface area contributed by atoms with E-state index in [4.69, 9.17) is 27.9 Å². The first-order chi connectivity index (χ1) is 15.8. The molecule has 4 rings (SSSR count). The lowest BCUT2D eigenvalue weighted by molar-refractivity contribution is -0.135. The number of fused-ring (bicyclic) bond motifs is 1. The number of benzene rings is 1. The summed E-state index contributed by atoms with van der Waals surface area (Å²) in [6.07, 6.45) is 2.17. The van der Waals surface area contributed by atoms with Gasteiger partial charge in [0.25, 0.3) is 0 Å². The van der Waals surface area contributed by atoms with Crippen molar-refractivity contribution in [2.45, 2.75) is 45.9 Å². The topological polar surface area (TPSA) is 70.6 Å². The number of hydrogen-bond donors (Lipinski definition) is 1. The van der Waals surface area contributed by atoms with Crippen LogP contribution in [0.1, 0.15) is 43.7 Å². The minimum absolute atomic E-state index is 0.00789. The second-order valence-corrected chi connectivity index (χ2v) is 9.87. The van der Waals surface area contributed by atoms with Gasteiger partial charge >= 0.3 is 0 Å². The molecule has 2 atom stereocenters. The van der Waals surface area contributed by atoms with Crippen molar-refractivity contribution in [2.75, 3.05) is 37.6 Å². The van der Waals surface area contributed by atoms with Crippen LogP contribution in [0.5, 0.6) is 0 Å². The molecule has 0 aliphatic carbocycles. The molecule has 9 heteroatoms. The lowest BCUT2D eigenvalue weighted by Gasteiger charge is -2.38. The number of amides is 1. The van der Waals surface area contributed by atoms with E-state index >= 15 is 0 Å². The smallest absolute Gasteiger partial charge is 0.227 e. The number of nitrogens with zero attached hydrogens (tertiary/aromatic N) is 4. The van der Waals surface area contributed by atoms with Crippen LogP contribution in [0.2, 0.25) is 10.0 Å². The van der Waals surface area contributed by atoms with Crippen molar-refractivity contribution >= 4 is 34.9 Å². The normalized spacial score (nSPS) is 19.2. The Morgan fingerprint density at radius 1 is 1.21 bits per heavy atom. The van der Waals surface area contributed by atoms with Gasteiger partial charge in [-0.3, -0.25) is 4.79 Å². The van der Waals surface area contributed by atoms with Crippen LogP contribution < -0.4 is 10.2 Å². The summed E-state index contributed by atoms with van der Waals surface area (Å²) in [5.74, 6) is 0.885. The maximum atomic E-state index is 13.5. The molecule has 2 aliphatic rings. The van der Waals surface area contributed by atoms with E-state index in [0.29, 0.717) is 48.7 Å². The number of rotatable bonds is 7. The highest BCUT2D eigenvalue weighted by Crippen LogP contribution is 2.35. The molecule has 3 heterocycles. The predicted octanol–water partition coefficient (Wildman–Crippen LogP) is 3.88. The molecule has 178 valence electrons. The largest absolute Gasteiger partial charge is 0.367 e. The summed E-state index contributed by atoms with van der Waals surface area (Å²) in [5, 5.41) is 4.62. The van der Waals surface area contributed by atoms with Crippen molar-refractivity contribution < 1.29 is 9.53 Å². The molecule has 2 aliphatic heterocycles.